The number of hydrogen-bond donors (Lipinski definition) is 1. The highest BCUT2D eigenvalue weighted by atomic mass is 16.5. The van der Waals surface area contributed by atoms with E-state index in [-0.39, 0.29) is 18.0 Å². The van der Waals surface area contributed by atoms with Gasteiger partial charge >= 0.3 is 18.1 Å². The van der Waals surface area contributed by atoms with Crippen molar-refractivity contribution in [3.63, 3.8) is 0 Å². The van der Waals surface area contributed by atoms with E-state index in [4.69, 9.17) is 9.47 Å². The SMILES string of the molecule is COC(=O)Nc1nc(OC)nc(OC)n1. The predicted octanol–water partition coefficient (Wildman–Crippen LogP) is 0.0671. The van der Waals surface area contributed by atoms with Crippen LogP contribution < -0.4 is 14.8 Å². The first-order valence-electron chi connectivity index (χ1n) is 3.88. The zero-order valence-corrected chi connectivity index (χ0v) is 8.47. The van der Waals surface area contributed by atoms with Crippen LogP contribution >= 0.6 is 0 Å². The van der Waals surface area contributed by atoms with Crippen molar-refractivity contribution in [1.82, 2.24) is 15.0 Å². The average Bonchev–Trinajstić information content (AvgIpc) is 2.28. The maximum atomic E-state index is 10.9. The molecule has 0 bridgehead atoms. The normalized spacial score (nSPS) is 9.27. The van der Waals surface area contributed by atoms with E-state index in [2.05, 4.69) is 25.0 Å². The molecule has 1 N–H and O–H groups in total. The van der Waals surface area contributed by atoms with Crippen molar-refractivity contribution >= 4 is 12.0 Å². The third-order valence-corrected chi connectivity index (χ3v) is 1.36. The van der Waals surface area contributed by atoms with Gasteiger partial charge in [-0.05, 0) is 0 Å². The van der Waals surface area contributed by atoms with Gasteiger partial charge in [0, 0.05) is 0 Å². The molecule has 0 saturated heterocycles. The van der Waals surface area contributed by atoms with Gasteiger partial charge in [-0.15, -0.1) is 4.98 Å². The number of methoxy groups -OCH3 is 3. The lowest BCUT2D eigenvalue weighted by atomic mass is 10.8. The summed E-state index contributed by atoms with van der Waals surface area (Å²) in [5, 5.41) is 2.26. The van der Waals surface area contributed by atoms with Crippen LogP contribution in [0.2, 0.25) is 0 Å². The van der Waals surface area contributed by atoms with Gasteiger partial charge in [-0.25, -0.2) is 4.79 Å². The molecule has 0 aromatic carbocycles. The second-order valence-electron chi connectivity index (χ2n) is 2.25. The minimum Gasteiger partial charge on any atom is -0.467 e. The lowest BCUT2D eigenvalue weighted by Gasteiger charge is -2.05. The molecule has 0 spiro atoms. The molecule has 0 fully saturated rings. The fourth-order valence-corrected chi connectivity index (χ4v) is 0.719. The van der Waals surface area contributed by atoms with Gasteiger partial charge in [0.1, 0.15) is 0 Å². The number of ether oxygens (including phenoxy) is 3. The Balaban J connectivity index is 2.91. The summed E-state index contributed by atoms with van der Waals surface area (Å²) in [6, 6.07) is 0.0708. The smallest absolute Gasteiger partial charge is 0.413 e. The summed E-state index contributed by atoms with van der Waals surface area (Å²) in [6.45, 7) is 0. The summed E-state index contributed by atoms with van der Waals surface area (Å²) in [5.41, 5.74) is 0. The van der Waals surface area contributed by atoms with E-state index in [1.807, 2.05) is 0 Å². The van der Waals surface area contributed by atoms with Gasteiger partial charge in [0.25, 0.3) is 0 Å². The summed E-state index contributed by atoms with van der Waals surface area (Å²) >= 11 is 0. The fourth-order valence-electron chi connectivity index (χ4n) is 0.719. The van der Waals surface area contributed by atoms with Crippen LogP contribution in [-0.4, -0.2) is 42.4 Å². The third-order valence-electron chi connectivity index (χ3n) is 1.36. The van der Waals surface area contributed by atoms with Crippen molar-refractivity contribution in [3.05, 3.63) is 0 Å². The van der Waals surface area contributed by atoms with Crippen LogP contribution in [0.5, 0.6) is 12.0 Å². The van der Waals surface area contributed by atoms with E-state index in [9.17, 15) is 4.79 Å². The van der Waals surface area contributed by atoms with Crippen molar-refractivity contribution < 1.29 is 19.0 Å². The summed E-state index contributed by atoms with van der Waals surface area (Å²) in [7, 11) is 4.00. The second kappa shape index (κ2) is 4.94. The number of amides is 1. The summed E-state index contributed by atoms with van der Waals surface area (Å²) in [6.07, 6.45) is -0.690. The van der Waals surface area contributed by atoms with Crippen LogP contribution in [0.3, 0.4) is 0 Å². The number of hydrogen-bond acceptors (Lipinski definition) is 7. The molecule has 0 aliphatic heterocycles. The molecule has 8 nitrogen and oxygen atoms in total. The molecule has 1 heterocycles. The highest BCUT2D eigenvalue weighted by Gasteiger charge is 2.09. The van der Waals surface area contributed by atoms with Gasteiger partial charge in [-0.3, -0.25) is 5.32 Å². The van der Waals surface area contributed by atoms with E-state index in [0.717, 1.165) is 0 Å². The van der Waals surface area contributed by atoms with Crippen LogP contribution in [-0.2, 0) is 4.74 Å². The number of aromatic nitrogens is 3. The van der Waals surface area contributed by atoms with Gasteiger partial charge in [0.05, 0.1) is 21.3 Å². The first-order valence-corrected chi connectivity index (χ1v) is 3.88. The molecule has 0 aliphatic carbocycles. The second-order valence-corrected chi connectivity index (χ2v) is 2.25. The van der Waals surface area contributed by atoms with E-state index in [1.165, 1.54) is 21.3 Å². The van der Waals surface area contributed by atoms with Crippen molar-refractivity contribution in [3.8, 4) is 12.0 Å². The minimum absolute atomic E-state index is 0.00875. The van der Waals surface area contributed by atoms with Gasteiger partial charge in [-0.1, -0.05) is 0 Å². The topological polar surface area (TPSA) is 95.5 Å². The zero-order chi connectivity index (χ0) is 11.3. The first-order chi connectivity index (χ1) is 7.19. The first kappa shape index (κ1) is 11.0. The Kier molecular flexibility index (Phi) is 3.61. The highest BCUT2D eigenvalue weighted by Crippen LogP contribution is 2.11. The van der Waals surface area contributed by atoms with Crippen LogP contribution in [0, 0.1) is 0 Å². The molecule has 15 heavy (non-hydrogen) atoms. The van der Waals surface area contributed by atoms with Gasteiger partial charge in [0.15, 0.2) is 0 Å². The van der Waals surface area contributed by atoms with Crippen molar-refractivity contribution in [1.29, 1.82) is 0 Å². The van der Waals surface area contributed by atoms with E-state index in [0.29, 0.717) is 0 Å². The molecule has 1 rings (SSSR count). The fraction of sp³-hybridized carbons (Fsp3) is 0.429. The Morgan fingerprint density at radius 2 is 1.60 bits per heavy atom. The molecule has 1 amide bonds. The van der Waals surface area contributed by atoms with Crippen molar-refractivity contribution in [2.75, 3.05) is 26.6 Å². The van der Waals surface area contributed by atoms with Crippen molar-refractivity contribution in [2.45, 2.75) is 0 Å². The number of anilines is 1. The van der Waals surface area contributed by atoms with E-state index >= 15 is 0 Å². The molecule has 0 aliphatic rings. The molecule has 82 valence electrons. The van der Waals surface area contributed by atoms with Crippen LogP contribution in [0.15, 0.2) is 0 Å². The monoisotopic (exact) mass is 214 g/mol. The molecule has 0 radical (unpaired) electrons. The third kappa shape index (κ3) is 2.93. The zero-order valence-electron chi connectivity index (χ0n) is 8.47. The van der Waals surface area contributed by atoms with Crippen LogP contribution in [0.1, 0.15) is 0 Å². The number of nitrogens with zero attached hydrogens (tertiary/aromatic N) is 3. The lowest BCUT2D eigenvalue weighted by Crippen LogP contribution is -2.14. The lowest BCUT2D eigenvalue weighted by molar-refractivity contribution is 0.186. The van der Waals surface area contributed by atoms with Crippen molar-refractivity contribution in [2.24, 2.45) is 0 Å². The maximum absolute atomic E-state index is 10.9. The maximum Gasteiger partial charge on any atom is 0.413 e. The molecule has 8 heteroatoms. The Morgan fingerprint density at radius 1 is 1.07 bits per heavy atom. The summed E-state index contributed by atoms with van der Waals surface area (Å²) in [5.74, 6) is -0.00875. The van der Waals surface area contributed by atoms with Gasteiger partial charge < -0.3 is 14.2 Å². The Hall–Kier alpha value is -2.12. The quantitative estimate of drug-likeness (QED) is 0.760. The molecule has 1 aromatic heterocycles. The molecular weight excluding hydrogens is 204 g/mol. The van der Waals surface area contributed by atoms with Gasteiger partial charge in [0.2, 0.25) is 5.95 Å². The van der Waals surface area contributed by atoms with Crippen LogP contribution in [0.4, 0.5) is 10.7 Å². The Morgan fingerprint density at radius 3 is 2.00 bits per heavy atom. The molecule has 0 saturated carbocycles. The number of nitrogens with one attached hydrogen (secondary N) is 1. The molecule has 1 aromatic rings. The highest BCUT2D eigenvalue weighted by molar-refractivity contribution is 5.82. The Bertz CT molecular complexity index is 335. The number of carbonyl (C=O) groups is 1. The molecule has 0 unspecified atom stereocenters. The van der Waals surface area contributed by atoms with Crippen LogP contribution in [0.25, 0.3) is 0 Å². The van der Waals surface area contributed by atoms with E-state index in [1.54, 1.807) is 0 Å². The Labute approximate surface area is 85.6 Å². The predicted molar refractivity (Wildman–Crippen MR) is 49.0 cm³/mol. The standard InChI is InChI=1S/C7H10N4O4/c1-13-5-8-4(10-7(12)15-3)9-6(11-5)14-2/h1-3H3,(H,8,9,10,11,12). The minimum atomic E-state index is -0.690. The largest absolute Gasteiger partial charge is 0.467 e. The van der Waals surface area contributed by atoms with E-state index < -0.39 is 6.09 Å². The number of rotatable bonds is 3. The van der Waals surface area contributed by atoms with Gasteiger partial charge in [-0.2, -0.15) is 9.97 Å². The summed E-state index contributed by atoms with van der Waals surface area (Å²) in [4.78, 5) is 22.1. The molecule has 0 atom stereocenters. The molecular formula is C7H10N4O4. The average molecular weight is 214 g/mol. The number of carbonyl (C=O) groups excluding carboxylic acids is 1. The summed E-state index contributed by atoms with van der Waals surface area (Å²) < 4.78 is 13.9.